The van der Waals surface area contributed by atoms with E-state index in [1.54, 1.807) is 18.7 Å². The number of carbonyl (C=O) groups is 3. The van der Waals surface area contributed by atoms with Crippen molar-refractivity contribution >= 4 is 25.0 Å². The molecule has 1 aliphatic heterocycles. The third kappa shape index (κ3) is 9.81. The summed E-state index contributed by atoms with van der Waals surface area (Å²) in [6, 6.07) is 7.85. The van der Waals surface area contributed by atoms with Crippen LogP contribution in [0.3, 0.4) is 0 Å². The van der Waals surface area contributed by atoms with Crippen LogP contribution in [0.1, 0.15) is 38.7 Å². The van der Waals surface area contributed by atoms with Crippen LogP contribution in [0.5, 0.6) is 0 Å². The largest absolute Gasteiger partial charge is 0.475 e. The topological polar surface area (TPSA) is 140 Å². The van der Waals surface area contributed by atoms with Crippen molar-refractivity contribution in [3.05, 3.63) is 35.9 Å². The normalized spacial score (nSPS) is 15.5. The lowest BCUT2D eigenvalue weighted by molar-refractivity contribution is -0.138. The molecule has 0 saturated carbocycles. The highest BCUT2D eigenvalue weighted by molar-refractivity contribution is 6.43. The molecule has 1 aromatic carbocycles. The minimum Gasteiger partial charge on any atom is -0.426 e. The van der Waals surface area contributed by atoms with Gasteiger partial charge in [-0.1, -0.05) is 30.3 Å². The quantitative estimate of drug-likeness (QED) is 0.290. The van der Waals surface area contributed by atoms with E-state index < -0.39 is 31.0 Å². The Morgan fingerprint density at radius 2 is 1.73 bits per heavy atom. The maximum Gasteiger partial charge on any atom is 0.475 e. The van der Waals surface area contributed by atoms with Crippen molar-refractivity contribution in [2.45, 2.75) is 57.6 Å². The molecule has 1 fully saturated rings. The summed E-state index contributed by atoms with van der Waals surface area (Å²) in [5, 5.41) is 27.3. The molecule has 0 radical (unpaired) electrons. The number of morpholine rings is 1. The van der Waals surface area contributed by atoms with E-state index in [2.05, 4.69) is 16.0 Å². The van der Waals surface area contributed by atoms with Gasteiger partial charge in [-0.2, -0.15) is 0 Å². The smallest absolute Gasteiger partial charge is 0.426 e. The van der Waals surface area contributed by atoms with Crippen LogP contribution in [-0.2, 0) is 20.7 Å². The van der Waals surface area contributed by atoms with Crippen LogP contribution in [0, 0.1) is 0 Å². The van der Waals surface area contributed by atoms with Gasteiger partial charge in [-0.15, -0.1) is 0 Å². The van der Waals surface area contributed by atoms with E-state index in [0.29, 0.717) is 45.6 Å². The summed E-state index contributed by atoms with van der Waals surface area (Å²) in [6.45, 7) is 5.23. The highest BCUT2D eigenvalue weighted by Gasteiger charge is 2.31. The van der Waals surface area contributed by atoms with Gasteiger partial charge in [-0.3, -0.25) is 9.59 Å². The van der Waals surface area contributed by atoms with Crippen molar-refractivity contribution in [3.8, 4) is 0 Å². The standard InChI is InChI=1S/C22H35BN4O6/c1-16(2)24-22(30)25-18(15-20(28)27-11-13-33-14-12-27)21(29)26-19(23(31)32)10-6-9-17-7-4-3-5-8-17/h3-5,7-8,16,18-19,31-32H,6,9-15H2,1-2H3,(H,26,29)(H2,24,25,30)/t18?,19-/m0/s1. The van der Waals surface area contributed by atoms with E-state index in [-0.39, 0.29) is 18.4 Å². The molecule has 1 heterocycles. The Labute approximate surface area is 195 Å². The Hall–Kier alpha value is -2.63. The Morgan fingerprint density at radius 1 is 1.06 bits per heavy atom. The monoisotopic (exact) mass is 462 g/mol. The maximum atomic E-state index is 13.0. The first-order chi connectivity index (χ1) is 15.8. The second-order valence-corrected chi connectivity index (χ2v) is 8.43. The zero-order chi connectivity index (χ0) is 24.2. The molecule has 4 amide bonds. The molecule has 10 nitrogen and oxygen atoms in total. The number of ether oxygens (including phenoxy) is 1. The lowest BCUT2D eigenvalue weighted by Crippen LogP contribution is -2.57. The van der Waals surface area contributed by atoms with Gasteiger partial charge < -0.3 is 35.6 Å². The molecule has 2 rings (SSSR count). The second-order valence-electron chi connectivity index (χ2n) is 8.43. The Balaban J connectivity index is 1.99. The summed E-state index contributed by atoms with van der Waals surface area (Å²) in [7, 11) is -1.77. The van der Waals surface area contributed by atoms with E-state index in [9.17, 15) is 24.4 Å². The highest BCUT2D eigenvalue weighted by atomic mass is 16.5. The van der Waals surface area contributed by atoms with Crippen molar-refractivity contribution in [2.24, 2.45) is 0 Å². The van der Waals surface area contributed by atoms with E-state index >= 15 is 0 Å². The molecule has 0 aliphatic carbocycles. The lowest BCUT2D eigenvalue weighted by Gasteiger charge is -2.29. The van der Waals surface area contributed by atoms with Crippen molar-refractivity contribution in [1.82, 2.24) is 20.9 Å². The molecule has 0 bridgehead atoms. The molecule has 11 heteroatoms. The third-order valence-corrected chi connectivity index (χ3v) is 5.30. The summed E-state index contributed by atoms with van der Waals surface area (Å²) < 4.78 is 5.25. The van der Waals surface area contributed by atoms with Gasteiger partial charge in [0.2, 0.25) is 11.8 Å². The first kappa shape index (κ1) is 26.6. The number of carbonyl (C=O) groups excluding carboxylic acids is 3. The number of nitrogens with one attached hydrogen (secondary N) is 3. The molecule has 0 aromatic heterocycles. The average Bonchev–Trinajstić information content (AvgIpc) is 2.78. The second kappa shape index (κ2) is 13.8. The van der Waals surface area contributed by atoms with Crippen molar-refractivity contribution in [3.63, 3.8) is 0 Å². The highest BCUT2D eigenvalue weighted by Crippen LogP contribution is 2.09. The van der Waals surface area contributed by atoms with Gasteiger partial charge in [0.1, 0.15) is 6.04 Å². The van der Waals surface area contributed by atoms with Crippen LogP contribution in [0.4, 0.5) is 4.79 Å². The number of benzene rings is 1. The predicted octanol–water partition coefficient (Wildman–Crippen LogP) is -0.169. The van der Waals surface area contributed by atoms with E-state index in [1.165, 1.54) is 0 Å². The van der Waals surface area contributed by atoms with Gasteiger partial charge in [-0.25, -0.2) is 4.79 Å². The van der Waals surface area contributed by atoms with Gasteiger partial charge in [-0.05, 0) is 38.7 Å². The fraction of sp³-hybridized carbons (Fsp3) is 0.591. The number of hydrogen-bond acceptors (Lipinski definition) is 6. The maximum absolute atomic E-state index is 13.0. The molecule has 182 valence electrons. The van der Waals surface area contributed by atoms with Gasteiger partial charge in [0.05, 0.1) is 25.6 Å². The molecule has 1 unspecified atom stereocenters. The van der Waals surface area contributed by atoms with Crippen LogP contribution in [0.2, 0.25) is 0 Å². The molecule has 2 atom stereocenters. The van der Waals surface area contributed by atoms with E-state index in [4.69, 9.17) is 4.74 Å². The zero-order valence-electron chi connectivity index (χ0n) is 19.3. The summed E-state index contributed by atoms with van der Waals surface area (Å²) >= 11 is 0. The Bertz CT molecular complexity index is 759. The van der Waals surface area contributed by atoms with Crippen molar-refractivity contribution in [2.75, 3.05) is 26.3 Å². The molecular weight excluding hydrogens is 427 g/mol. The number of hydrogen-bond donors (Lipinski definition) is 5. The number of urea groups is 1. The summed E-state index contributed by atoms with van der Waals surface area (Å²) in [6.07, 6.45) is 1.41. The van der Waals surface area contributed by atoms with Gasteiger partial charge in [0, 0.05) is 19.1 Å². The number of rotatable bonds is 11. The van der Waals surface area contributed by atoms with Crippen molar-refractivity contribution < 1.29 is 29.2 Å². The summed E-state index contributed by atoms with van der Waals surface area (Å²) in [5.74, 6) is -1.86. The molecule has 1 aliphatic rings. The van der Waals surface area contributed by atoms with Crippen LogP contribution < -0.4 is 16.0 Å². The molecule has 1 saturated heterocycles. The molecule has 0 spiro atoms. The number of amides is 4. The van der Waals surface area contributed by atoms with E-state index in [1.807, 2.05) is 30.3 Å². The molecular formula is C22H35BN4O6. The fourth-order valence-electron chi connectivity index (χ4n) is 3.54. The third-order valence-electron chi connectivity index (χ3n) is 5.30. The number of aryl methyl sites for hydroxylation is 1. The molecule has 33 heavy (non-hydrogen) atoms. The first-order valence-corrected chi connectivity index (χ1v) is 11.4. The predicted molar refractivity (Wildman–Crippen MR) is 124 cm³/mol. The average molecular weight is 462 g/mol. The van der Waals surface area contributed by atoms with Crippen LogP contribution in [0.15, 0.2) is 30.3 Å². The van der Waals surface area contributed by atoms with Crippen LogP contribution >= 0.6 is 0 Å². The summed E-state index contributed by atoms with van der Waals surface area (Å²) in [4.78, 5) is 39.5. The van der Waals surface area contributed by atoms with Gasteiger partial charge >= 0.3 is 13.1 Å². The van der Waals surface area contributed by atoms with Gasteiger partial charge in [0.15, 0.2) is 0 Å². The minimum absolute atomic E-state index is 0.159. The Morgan fingerprint density at radius 3 is 2.33 bits per heavy atom. The summed E-state index contributed by atoms with van der Waals surface area (Å²) in [5.41, 5.74) is 1.11. The first-order valence-electron chi connectivity index (χ1n) is 11.4. The minimum atomic E-state index is -1.77. The number of nitrogens with zero attached hydrogens (tertiary/aromatic N) is 1. The SMILES string of the molecule is CC(C)NC(=O)NC(CC(=O)N1CCOCC1)C(=O)N[C@@H](CCCc1ccccc1)B(O)O. The molecule has 5 N–H and O–H groups in total. The fourth-order valence-corrected chi connectivity index (χ4v) is 3.54. The lowest BCUT2D eigenvalue weighted by atomic mass is 9.76. The Kier molecular flexibility index (Phi) is 11.1. The zero-order valence-corrected chi connectivity index (χ0v) is 19.3. The van der Waals surface area contributed by atoms with Crippen molar-refractivity contribution in [1.29, 1.82) is 0 Å². The van der Waals surface area contributed by atoms with Crippen LogP contribution in [-0.4, -0.2) is 84.2 Å². The van der Waals surface area contributed by atoms with E-state index in [0.717, 1.165) is 5.56 Å². The molecule has 1 aromatic rings. The van der Waals surface area contributed by atoms with Gasteiger partial charge in [0.25, 0.3) is 0 Å². The van der Waals surface area contributed by atoms with Crippen LogP contribution in [0.25, 0.3) is 0 Å².